The molecule has 3 rings (SSSR count). The van der Waals surface area contributed by atoms with Gasteiger partial charge in [0.1, 0.15) is 0 Å². The first-order chi connectivity index (χ1) is 15.3. The van der Waals surface area contributed by atoms with Crippen molar-refractivity contribution < 1.29 is 14.3 Å². The third kappa shape index (κ3) is 5.83. The maximum atomic E-state index is 13.0. The first-order valence-electron chi connectivity index (χ1n) is 10.7. The van der Waals surface area contributed by atoms with Crippen LogP contribution in [-0.4, -0.2) is 31.6 Å². The summed E-state index contributed by atoms with van der Waals surface area (Å²) in [4.78, 5) is 25.8. The van der Waals surface area contributed by atoms with Gasteiger partial charge in [-0.25, -0.2) is 0 Å². The molecule has 1 atom stereocenters. The average molecular weight is 431 g/mol. The summed E-state index contributed by atoms with van der Waals surface area (Å²) >= 11 is 0. The molecule has 0 aromatic heterocycles. The van der Waals surface area contributed by atoms with E-state index in [9.17, 15) is 9.59 Å². The van der Waals surface area contributed by atoms with Crippen LogP contribution < -0.4 is 10.6 Å². The van der Waals surface area contributed by atoms with E-state index in [0.717, 1.165) is 27.8 Å². The van der Waals surface area contributed by atoms with Gasteiger partial charge in [0.2, 0.25) is 0 Å². The number of hydrogen-bond acceptors (Lipinski definition) is 3. The predicted octanol–water partition coefficient (Wildman–Crippen LogP) is 5.30. The molecule has 0 radical (unpaired) electrons. The fourth-order valence-electron chi connectivity index (χ4n) is 3.61. The van der Waals surface area contributed by atoms with Crippen LogP contribution in [0.5, 0.6) is 0 Å². The van der Waals surface area contributed by atoms with E-state index in [1.165, 1.54) is 0 Å². The van der Waals surface area contributed by atoms with E-state index in [2.05, 4.69) is 10.6 Å². The lowest BCUT2D eigenvalue weighted by atomic mass is 10.00. The lowest BCUT2D eigenvalue weighted by molar-refractivity contribution is 0.0905. The van der Waals surface area contributed by atoms with Crippen molar-refractivity contribution in [2.75, 3.05) is 19.0 Å². The average Bonchev–Trinajstić information content (AvgIpc) is 2.74. The number of benzene rings is 3. The van der Waals surface area contributed by atoms with Gasteiger partial charge in [0.25, 0.3) is 11.8 Å². The number of ether oxygens (including phenoxy) is 1. The second kappa shape index (κ2) is 10.2. The number of amides is 2. The molecular formula is C27H30N2O3. The number of nitrogens with one attached hydrogen (secondary N) is 2. The van der Waals surface area contributed by atoms with Crippen LogP contribution in [0.4, 0.5) is 5.69 Å². The van der Waals surface area contributed by atoms with Gasteiger partial charge in [-0.05, 0) is 68.7 Å². The van der Waals surface area contributed by atoms with Crippen LogP contribution in [0.2, 0.25) is 0 Å². The van der Waals surface area contributed by atoms with E-state index >= 15 is 0 Å². The molecule has 2 amide bonds. The predicted molar refractivity (Wildman–Crippen MR) is 129 cm³/mol. The molecule has 2 N–H and O–H groups in total. The highest BCUT2D eigenvalue weighted by Crippen LogP contribution is 2.26. The molecule has 1 unspecified atom stereocenters. The molecule has 5 nitrogen and oxygen atoms in total. The summed E-state index contributed by atoms with van der Waals surface area (Å²) < 4.78 is 5.12. The van der Waals surface area contributed by atoms with Crippen LogP contribution >= 0.6 is 0 Å². The number of hydrogen-bond donors (Lipinski definition) is 2. The molecular weight excluding hydrogens is 400 g/mol. The molecule has 0 heterocycles. The topological polar surface area (TPSA) is 67.4 Å². The van der Waals surface area contributed by atoms with Crippen LogP contribution in [0.15, 0.2) is 60.7 Å². The molecule has 0 saturated heterocycles. The van der Waals surface area contributed by atoms with Crippen molar-refractivity contribution in [2.45, 2.75) is 33.7 Å². The SMILES string of the molecule is COCC(C)NC(=O)c1cc(NC(=O)c2ccc(C)cc2C)cc(-c2ccc(C)cc2)c1. The highest BCUT2D eigenvalue weighted by molar-refractivity contribution is 6.06. The Balaban J connectivity index is 1.96. The number of carbonyl (C=O) groups excluding carboxylic acids is 2. The Kier molecular flexibility index (Phi) is 7.44. The zero-order chi connectivity index (χ0) is 23.3. The number of carbonyl (C=O) groups is 2. The quantitative estimate of drug-likeness (QED) is 0.535. The number of methoxy groups -OCH3 is 1. The van der Waals surface area contributed by atoms with Crippen LogP contribution in [0.3, 0.4) is 0 Å². The number of anilines is 1. The van der Waals surface area contributed by atoms with E-state index in [0.29, 0.717) is 23.4 Å². The minimum absolute atomic E-state index is 0.135. The van der Waals surface area contributed by atoms with Crippen molar-refractivity contribution >= 4 is 17.5 Å². The minimum atomic E-state index is -0.217. The van der Waals surface area contributed by atoms with E-state index in [1.807, 2.05) is 82.3 Å². The van der Waals surface area contributed by atoms with Crippen LogP contribution in [-0.2, 0) is 4.74 Å². The summed E-state index contributed by atoms with van der Waals surface area (Å²) in [6.07, 6.45) is 0. The fourth-order valence-corrected chi connectivity index (χ4v) is 3.61. The molecule has 3 aromatic carbocycles. The smallest absolute Gasteiger partial charge is 0.255 e. The molecule has 0 saturated carbocycles. The zero-order valence-corrected chi connectivity index (χ0v) is 19.3. The van der Waals surface area contributed by atoms with Gasteiger partial charge in [-0.2, -0.15) is 0 Å². The molecule has 32 heavy (non-hydrogen) atoms. The third-order valence-corrected chi connectivity index (χ3v) is 5.26. The van der Waals surface area contributed by atoms with E-state index in [-0.39, 0.29) is 17.9 Å². The van der Waals surface area contributed by atoms with Crippen molar-refractivity contribution in [3.8, 4) is 11.1 Å². The minimum Gasteiger partial charge on any atom is -0.383 e. The number of rotatable bonds is 7. The van der Waals surface area contributed by atoms with Crippen molar-refractivity contribution in [1.82, 2.24) is 5.32 Å². The van der Waals surface area contributed by atoms with Gasteiger partial charge < -0.3 is 15.4 Å². The lowest BCUT2D eigenvalue weighted by Crippen LogP contribution is -2.35. The highest BCUT2D eigenvalue weighted by atomic mass is 16.5. The van der Waals surface area contributed by atoms with Crippen LogP contribution in [0, 0.1) is 20.8 Å². The molecule has 0 fully saturated rings. The second-order valence-electron chi connectivity index (χ2n) is 8.27. The standard InChI is InChI=1S/C27H30N2O3/c1-17-6-9-21(10-7-17)22-13-23(26(30)28-20(4)16-32-5)15-24(14-22)29-27(31)25-11-8-18(2)12-19(25)3/h6-15,20H,16H2,1-5H3,(H,28,30)(H,29,31). The van der Waals surface area contributed by atoms with Crippen LogP contribution in [0.25, 0.3) is 11.1 Å². The Morgan fingerprint density at radius 3 is 2.19 bits per heavy atom. The third-order valence-electron chi connectivity index (χ3n) is 5.26. The van der Waals surface area contributed by atoms with Gasteiger partial charge in [-0.1, -0.05) is 47.5 Å². The fraction of sp³-hybridized carbons (Fsp3) is 0.259. The van der Waals surface area contributed by atoms with E-state index in [1.54, 1.807) is 13.2 Å². The van der Waals surface area contributed by atoms with Gasteiger partial charge >= 0.3 is 0 Å². The number of aryl methyl sites for hydroxylation is 3. The van der Waals surface area contributed by atoms with Gasteiger partial charge in [0, 0.05) is 30.0 Å². The molecule has 166 valence electrons. The Labute approximate surface area is 189 Å². The Bertz CT molecular complexity index is 1120. The second-order valence-corrected chi connectivity index (χ2v) is 8.27. The normalized spacial score (nSPS) is 11.7. The lowest BCUT2D eigenvalue weighted by Gasteiger charge is -2.15. The Morgan fingerprint density at radius 1 is 0.844 bits per heavy atom. The highest BCUT2D eigenvalue weighted by Gasteiger charge is 2.15. The van der Waals surface area contributed by atoms with Gasteiger partial charge in [0.05, 0.1) is 6.61 Å². The van der Waals surface area contributed by atoms with Gasteiger partial charge in [-0.15, -0.1) is 0 Å². The summed E-state index contributed by atoms with van der Waals surface area (Å²) in [6.45, 7) is 8.24. The van der Waals surface area contributed by atoms with E-state index < -0.39 is 0 Å². The van der Waals surface area contributed by atoms with Gasteiger partial charge in [0.15, 0.2) is 0 Å². The molecule has 3 aromatic rings. The molecule has 5 heteroatoms. The summed E-state index contributed by atoms with van der Waals surface area (Å²) in [6, 6.07) is 19.1. The zero-order valence-electron chi connectivity index (χ0n) is 19.3. The van der Waals surface area contributed by atoms with Crippen molar-refractivity contribution in [1.29, 1.82) is 0 Å². The summed E-state index contributed by atoms with van der Waals surface area (Å²) in [5, 5.41) is 5.91. The summed E-state index contributed by atoms with van der Waals surface area (Å²) in [7, 11) is 1.60. The molecule has 0 aliphatic heterocycles. The Morgan fingerprint density at radius 2 is 1.53 bits per heavy atom. The molecule has 0 bridgehead atoms. The monoisotopic (exact) mass is 430 g/mol. The maximum Gasteiger partial charge on any atom is 0.255 e. The molecule has 0 aliphatic carbocycles. The van der Waals surface area contributed by atoms with Crippen molar-refractivity contribution in [3.05, 3.63) is 88.5 Å². The maximum absolute atomic E-state index is 13.0. The van der Waals surface area contributed by atoms with Gasteiger partial charge in [-0.3, -0.25) is 9.59 Å². The summed E-state index contributed by atoms with van der Waals surface area (Å²) in [5.74, 6) is -0.423. The molecule has 0 aliphatic rings. The van der Waals surface area contributed by atoms with Crippen molar-refractivity contribution in [2.24, 2.45) is 0 Å². The summed E-state index contributed by atoms with van der Waals surface area (Å²) in [5.41, 5.74) is 6.63. The van der Waals surface area contributed by atoms with Crippen molar-refractivity contribution in [3.63, 3.8) is 0 Å². The Hall–Kier alpha value is -3.44. The first-order valence-corrected chi connectivity index (χ1v) is 10.7. The van der Waals surface area contributed by atoms with E-state index in [4.69, 9.17) is 4.74 Å². The van der Waals surface area contributed by atoms with Crippen LogP contribution in [0.1, 0.15) is 44.3 Å². The largest absolute Gasteiger partial charge is 0.383 e. The molecule has 0 spiro atoms. The first kappa shape index (κ1) is 23.2.